The molecule has 10 heteroatoms. The van der Waals surface area contributed by atoms with Crippen molar-refractivity contribution >= 4 is 12.4 Å². The summed E-state index contributed by atoms with van der Waals surface area (Å²) in [5.41, 5.74) is 0. The molecule has 1 heterocycles. The summed E-state index contributed by atoms with van der Waals surface area (Å²) < 4.78 is 52.0. The van der Waals surface area contributed by atoms with E-state index in [1.54, 1.807) is 12.1 Å². The van der Waals surface area contributed by atoms with Crippen molar-refractivity contribution in [3.8, 4) is 11.5 Å². The van der Waals surface area contributed by atoms with Crippen LogP contribution in [0.5, 0.6) is 11.5 Å². The van der Waals surface area contributed by atoms with Crippen molar-refractivity contribution in [1.82, 2.24) is 15.5 Å². The number of halogens is 4. The minimum atomic E-state index is -4.42. The molecule has 1 aromatic heterocycles. The Balaban J connectivity index is 0.00000312. The van der Waals surface area contributed by atoms with Crippen molar-refractivity contribution in [1.29, 1.82) is 0 Å². The van der Waals surface area contributed by atoms with Gasteiger partial charge in [0.1, 0.15) is 0 Å². The number of hydrogen-bond acceptors (Lipinski definition) is 6. The lowest BCUT2D eigenvalue weighted by Gasteiger charge is -2.12. The number of nitrogens with one attached hydrogen (secondary N) is 1. The van der Waals surface area contributed by atoms with Crippen molar-refractivity contribution in [3.63, 3.8) is 0 Å². The number of ether oxygens (including phenoxy) is 2. The zero-order chi connectivity index (χ0) is 17.6. The molecule has 6 nitrogen and oxygen atoms in total. The van der Waals surface area contributed by atoms with E-state index in [9.17, 15) is 13.2 Å². The molecule has 1 unspecified atom stereocenters. The van der Waals surface area contributed by atoms with Gasteiger partial charge in [-0.15, -0.1) is 12.4 Å². The van der Waals surface area contributed by atoms with Crippen LogP contribution in [0, 0.1) is 0 Å². The Morgan fingerprint density at radius 3 is 2.44 bits per heavy atom. The molecule has 2 rings (SSSR count). The highest BCUT2D eigenvalue weighted by Gasteiger charge is 2.29. The highest BCUT2D eigenvalue weighted by molar-refractivity contribution is 5.85. The van der Waals surface area contributed by atoms with Crippen molar-refractivity contribution < 1.29 is 27.2 Å². The first-order valence-corrected chi connectivity index (χ1v) is 7.27. The minimum absolute atomic E-state index is 0. The van der Waals surface area contributed by atoms with E-state index in [1.165, 1.54) is 12.1 Å². The van der Waals surface area contributed by atoms with Crippen LogP contribution in [0.2, 0.25) is 0 Å². The molecule has 25 heavy (non-hydrogen) atoms. The SMILES string of the molecule is CNC(C)Cc1noc(COc2ccccc2OCC(F)(F)F)n1.Cl. The van der Waals surface area contributed by atoms with Gasteiger partial charge in [0.25, 0.3) is 5.89 Å². The summed E-state index contributed by atoms with van der Waals surface area (Å²) in [6, 6.07) is 6.28. The van der Waals surface area contributed by atoms with Gasteiger partial charge in [-0.2, -0.15) is 18.2 Å². The standard InChI is InChI=1S/C15H18F3N3O3.ClH/c1-10(19-2)7-13-20-14(24-21-13)8-22-11-5-3-4-6-12(11)23-9-15(16,17)18;/h3-6,10,19H,7-9H2,1-2H3;1H. The summed E-state index contributed by atoms with van der Waals surface area (Å²) in [5.74, 6) is 0.930. The minimum Gasteiger partial charge on any atom is -0.480 e. The third-order valence-electron chi connectivity index (χ3n) is 3.08. The molecule has 0 bridgehead atoms. The summed E-state index contributed by atoms with van der Waals surface area (Å²) >= 11 is 0. The van der Waals surface area contributed by atoms with Crippen LogP contribution in [-0.2, 0) is 13.0 Å². The Hall–Kier alpha value is -2.00. The third kappa shape index (κ3) is 7.18. The fraction of sp³-hybridized carbons (Fsp3) is 0.467. The number of benzene rings is 1. The number of rotatable bonds is 8. The summed E-state index contributed by atoms with van der Waals surface area (Å²) in [6.07, 6.45) is -3.83. The van der Waals surface area contributed by atoms with Gasteiger partial charge < -0.3 is 19.3 Å². The maximum absolute atomic E-state index is 12.3. The number of nitrogens with zero attached hydrogens (tertiary/aromatic N) is 2. The molecular weight excluding hydrogens is 363 g/mol. The molecule has 0 aliphatic rings. The van der Waals surface area contributed by atoms with Gasteiger partial charge >= 0.3 is 6.18 Å². The highest BCUT2D eigenvalue weighted by atomic mass is 35.5. The van der Waals surface area contributed by atoms with Crippen LogP contribution in [0.25, 0.3) is 0 Å². The van der Waals surface area contributed by atoms with E-state index >= 15 is 0 Å². The summed E-state index contributed by atoms with van der Waals surface area (Å²) in [6.45, 7) is 0.522. The quantitative estimate of drug-likeness (QED) is 0.757. The lowest BCUT2D eigenvalue weighted by molar-refractivity contribution is -0.153. The summed E-state index contributed by atoms with van der Waals surface area (Å²) in [7, 11) is 1.83. The van der Waals surface area contributed by atoms with E-state index in [4.69, 9.17) is 14.0 Å². The highest BCUT2D eigenvalue weighted by Crippen LogP contribution is 2.29. The first-order chi connectivity index (χ1) is 11.4. The predicted octanol–water partition coefficient (Wildman–Crippen LogP) is 3.16. The second-order valence-corrected chi connectivity index (χ2v) is 5.14. The predicted molar refractivity (Wildman–Crippen MR) is 86.1 cm³/mol. The second-order valence-electron chi connectivity index (χ2n) is 5.14. The maximum atomic E-state index is 12.3. The van der Waals surface area contributed by atoms with Gasteiger partial charge in [0, 0.05) is 12.5 Å². The molecule has 0 saturated carbocycles. The average molecular weight is 382 g/mol. The largest absolute Gasteiger partial charge is 0.480 e. The molecule has 0 aliphatic heterocycles. The number of hydrogen-bond donors (Lipinski definition) is 1. The fourth-order valence-electron chi connectivity index (χ4n) is 1.80. The van der Waals surface area contributed by atoms with Crippen molar-refractivity contribution in [2.75, 3.05) is 13.7 Å². The van der Waals surface area contributed by atoms with Gasteiger partial charge in [-0.25, -0.2) is 0 Å². The third-order valence-corrected chi connectivity index (χ3v) is 3.08. The van der Waals surface area contributed by atoms with Crippen molar-refractivity contribution in [2.24, 2.45) is 0 Å². The number of aromatic nitrogens is 2. The maximum Gasteiger partial charge on any atom is 0.422 e. The summed E-state index contributed by atoms with van der Waals surface area (Å²) in [4.78, 5) is 4.16. The average Bonchev–Trinajstić information content (AvgIpc) is 2.98. The Morgan fingerprint density at radius 2 is 1.84 bits per heavy atom. The number of para-hydroxylation sites is 2. The smallest absolute Gasteiger partial charge is 0.422 e. The number of alkyl halides is 3. The van der Waals surface area contributed by atoms with Gasteiger partial charge in [0.05, 0.1) is 0 Å². The van der Waals surface area contributed by atoms with Gasteiger partial charge in [-0.05, 0) is 26.1 Å². The molecule has 140 valence electrons. The van der Waals surface area contributed by atoms with Crippen LogP contribution in [0.1, 0.15) is 18.6 Å². The first-order valence-electron chi connectivity index (χ1n) is 7.27. The first kappa shape index (κ1) is 21.0. The van der Waals surface area contributed by atoms with E-state index in [-0.39, 0.29) is 42.4 Å². The Bertz CT molecular complexity index is 652. The Morgan fingerprint density at radius 1 is 1.20 bits per heavy atom. The topological polar surface area (TPSA) is 69.4 Å². The molecule has 2 aromatic rings. The van der Waals surface area contributed by atoms with Crippen molar-refractivity contribution in [2.45, 2.75) is 32.2 Å². The molecular formula is C15H19ClF3N3O3. The van der Waals surface area contributed by atoms with E-state index in [1.807, 2.05) is 14.0 Å². The Kier molecular flexibility index (Phi) is 7.98. The molecule has 0 saturated heterocycles. The van der Waals surface area contributed by atoms with E-state index < -0.39 is 12.8 Å². The molecule has 1 N–H and O–H groups in total. The van der Waals surface area contributed by atoms with Crippen LogP contribution in [-0.4, -0.2) is 36.0 Å². The zero-order valence-electron chi connectivity index (χ0n) is 13.7. The molecule has 1 aromatic carbocycles. The summed E-state index contributed by atoms with van der Waals surface area (Å²) in [5, 5.41) is 6.87. The normalized spacial score (nSPS) is 12.4. The molecule has 0 amide bonds. The van der Waals surface area contributed by atoms with Gasteiger partial charge in [-0.1, -0.05) is 17.3 Å². The number of likely N-dealkylation sites (N-methyl/N-ethyl adjacent to an activating group) is 1. The van der Waals surface area contributed by atoms with Gasteiger partial charge in [-0.3, -0.25) is 0 Å². The van der Waals surface area contributed by atoms with E-state index in [0.29, 0.717) is 12.2 Å². The second kappa shape index (κ2) is 9.47. The lowest BCUT2D eigenvalue weighted by atomic mass is 10.2. The lowest BCUT2D eigenvalue weighted by Crippen LogP contribution is -2.24. The van der Waals surface area contributed by atoms with Crippen LogP contribution in [0.15, 0.2) is 28.8 Å². The Labute approximate surface area is 149 Å². The van der Waals surface area contributed by atoms with E-state index in [0.717, 1.165) is 0 Å². The van der Waals surface area contributed by atoms with Crippen LogP contribution in [0.4, 0.5) is 13.2 Å². The molecule has 0 spiro atoms. The molecule has 1 atom stereocenters. The molecule has 0 radical (unpaired) electrons. The monoisotopic (exact) mass is 381 g/mol. The molecule has 0 aliphatic carbocycles. The van der Waals surface area contributed by atoms with Crippen LogP contribution in [0.3, 0.4) is 0 Å². The fourth-order valence-corrected chi connectivity index (χ4v) is 1.80. The van der Waals surface area contributed by atoms with Crippen LogP contribution >= 0.6 is 12.4 Å². The van der Waals surface area contributed by atoms with Gasteiger partial charge in [0.2, 0.25) is 0 Å². The molecule has 0 fully saturated rings. The van der Waals surface area contributed by atoms with Crippen LogP contribution < -0.4 is 14.8 Å². The van der Waals surface area contributed by atoms with E-state index in [2.05, 4.69) is 15.5 Å². The zero-order valence-corrected chi connectivity index (χ0v) is 14.5. The van der Waals surface area contributed by atoms with Gasteiger partial charge in [0.15, 0.2) is 30.5 Å². The van der Waals surface area contributed by atoms with Crippen molar-refractivity contribution in [3.05, 3.63) is 36.0 Å².